The molecular formula is C12H19N5. The second kappa shape index (κ2) is 5.03. The van der Waals surface area contributed by atoms with E-state index in [4.69, 9.17) is 5.73 Å². The first-order chi connectivity index (χ1) is 8.15. The molecule has 4 N–H and O–H groups in total. The minimum atomic E-state index is 0.243. The molecule has 0 fully saturated rings. The summed E-state index contributed by atoms with van der Waals surface area (Å²) in [6.45, 7) is 4.28. The van der Waals surface area contributed by atoms with Crippen LogP contribution in [-0.4, -0.2) is 22.8 Å². The molecule has 1 aliphatic heterocycles. The van der Waals surface area contributed by atoms with Crippen LogP contribution in [-0.2, 0) is 0 Å². The van der Waals surface area contributed by atoms with Crippen LogP contribution in [0.5, 0.6) is 0 Å². The standard InChI is InChI=1S/C12H19N5/c1-8-3-4-11(16-10-5-6-14-7-10)17-12(13)15-9(8)2/h5-9,14H,3-4H2,1-2H3,(H3,13,15,16,17). The highest BCUT2D eigenvalue weighted by Crippen LogP contribution is 2.17. The van der Waals surface area contributed by atoms with Crippen molar-refractivity contribution in [2.24, 2.45) is 21.6 Å². The lowest BCUT2D eigenvalue weighted by Crippen LogP contribution is -2.26. The normalized spacial score (nSPS) is 25.5. The summed E-state index contributed by atoms with van der Waals surface area (Å²) in [6, 6.07) is 2.20. The number of aromatic nitrogens is 1. The van der Waals surface area contributed by atoms with Gasteiger partial charge >= 0.3 is 0 Å². The minimum absolute atomic E-state index is 0.243. The molecule has 1 aromatic rings. The Kier molecular flexibility index (Phi) is 3.46. The van der Waals surface area contributed by atoms with Crippen molar-refractivity contribution in [1.29, 1.82) is 0 Å². The Hall–Kier alpha value is -1.78. The molecule has 0 spiro atoms. The number of nitrogens with zero attached hydrogens (tertiary/aromatic N) is 2. The van der Waals surface area contributed by atoms with Gasteiger partial charge < -0.3 is 16.0 Å². The van der Waals surface area contributed by atoms with Gasteiger partial charge in [-0.25, -0.2) is 9.98 Å². The summed E-state index contributed by atoms with van der Waals surface area (Å²) < 4.78 is 0. The maximum atomic E-state index is 5.79. The minimum Gasteiger partial charge on any atom is -0.368 e. The van der Waals surface area contributed by atoms with Gasteiger partial charge in [-0.1, -0.05) is 6.92 Å². The van der Waals surface area contributed by atoms with E-state index in [2.05, 4.69) is 34.1 Å². The van der Waals surface area contributed by atoms with Crippen LogP contribution in [0.3, 0.4) is 0 Å². The van der Waals surface area contributed by atoms with E-state index in [1.54, 1.807) is 0 Å². The highest BCUT2D eigenvalue weighted by Gasteiger charge is 2.16. The molecular weight excluding hydrogens is 214 g/mol. The highest BCUT2D eigenvalue weighted by molar-refractivity contribution is 6.02. The predicted molar refractivity (Wildman–Crippen MR) is 71.3 cm³/mol. The Morgan fingerprint density at radius 3 is 3.00 bits per heavy atom. The van der Waals surface area contributed by atoms with Crippen LogP contribution in [0, 0.1) is 5.92 Å². The molecule has 2 rings (SSSR count). The van der Waals surface area contributed by atoms with Gasteiger partial charge in [0.15, 0.2) is 0 Å². The van der Waals surface area contributed by atoms with Crippen LogP contribution < -0.4 is 11.1 Å². The van der Waals surface area contributed by atoms with Crippen LogP contribution in [0.15, 0.2) is 28.4 Å². The number of hydrogen-bond acceptors (Lipinski definition) is 4. The molecule has 0 aromatic carbocycles. The molecule has 0 amide bonds. The molecule has 2 heterocycles. The van der Waals surface area contributed by atoms with Gasteiger partial charge in [0.05, 0.1) is 11.7 Å². The first kappa shape index (κ1) is 11.7. The number of rotatable bonds is 1. The first-order valence-electron chi connectivity index (χ1n) is 5.96. The van der Waals surface area contributed by atoms with Gasteiger partial charge in [0, 0.05) is 18.8 Å². The molecule has 1 aliphatic rings. The maximum Gasteiger partial charge on any atom is 0.217 e. The van der Waals surface area contributed by atoms with Crippen molar-refractivity contribution in [2.75, 3.05) is 5.32 Å². The van der Waals surface area contributed by atoms with Gasteiger partial charge in [-0.15, -0.1) is 0 Å². The van der Waals surface area contributed by atoms with E-state index in [-0.39, 0.29) is 6.04 Å². The number of amidine groups is 1. The molecule has 2 atom stereocenters. The highest BCUT2D eigenvalue weighted by atomic mass is 15.1. The molecule has 5 heteroatoms. The van der Waals surface area contributed by atoms with Crippen molar-refractivity contribution in [1.82, 2.24) is 4.98 Å². The third kappa shape index (κ3) is 3.09. The van der Waals surface area contributed by atoms with Crippen LogP contribution in [0.4, 0.5) is 5.69 Å². The summed E-state index contributed by atoms with van der Waals surface area (Å²) in [5, 5.41) is 3.25. The van der Waals surface area contributed by atoms with Gasteiger partial charge in [-0.3, -0.25) is 0 Å². The molecule has 0 aliphatic carbocycles. The zero-order chi connectivity index (χ0) is 12.3. The largest absolute Gasteiger partial charge is 0.368 e. The van der Waals surface area contributed by atoms with E-state index in [1.807, 2.05) is 18.5 Å². The van der Waals surface area contributed by atoms with Gasteiger partial charge in [0.1, 0.15) is 5.84 Å². The Morgan fingerprint density at radius 1 is 1.47 bits per heavy atom. The number of anilines is 1. The monoisotopic (exact) mass is 233 g/mol. The SMILES string of the molecule is CC1CCC(Nc2cc[nH]c2)=NC(N)=NC1C. The van der Waals surface area contributed by atoms with E-state index in [0.29, 0.717) is 11.9 Å². The average Bonchev–Trinajstić information content (AvgIpc) is 2.76. The van der Waals surface area contributed by atoms with E-state index in [1.165, 1.54) is 0 Å². The molecule has 0 saturated carbocycles. The van der Waals surface area contributed by atoms with Crippen LogP contribution in [0.25, 0.3) is 0 Å². The van der Waals surface area contributed by atoms with E-state index < -0.39 is 0 Å². The summed E-state index contributed by atoms with van der Waals surface area (Å²) in [5.74, 6) is 1.76. The topological polar surface area (TPSA) is 78.6 Å². The number of nitrogens with two attached hydrogens (primary N) is 1. The molecule has 5 nitrogen and oxygen atoms in total. The lowest BCUT2D eigenvalue weighted by Gasteiger charge is -2.20. The quantitative estimate of drug-likeness (QED) is 0.693. The third-order valence-corrected chi connectivity index (χ3v) is 3.13. The predicted octanol–water partition coefficient (Wildman–Crippen LogP) is 1.96. The fourth-order valence-electron chi connectivity index (χ4n) is 1.82. The zero-order valence-corrected chi connectivity index (χ0v) is 10.3. The van der Waals surface area contributed by atoms with E-state index >= 15 is 0 Å². The number of nitrogens with one attached hydrogen (secondary N) is 2. The molecule has 2 unspecified atom stereocenters. The van der Waals surface area contributed by atoms with Crippen molar-refractivity contribution in [3.8, 4) is 0 Å². The average molecular weight is 233 g/mol. The number of guanidine groups is 1. The van der Waals surface area contributed by atoms with Crippen molar-refractivity contribution in [3.05, 3.63) is 18.5 Å². The summed E-state index contributed by atoms with van der Waals surface area (Å²) in [6.07, 6.45) is 5.72. The Bertz CT molecular complexity index is 418. The molecule has 0 saturated heterocycles. The Balaban J connectivity index is 2.13. The molecule has 0 bridgehead atoms. The second-order valence-corrected chi connectivity index (χ2v) is 4.53. The number of aliphatic imine (C=N–C) groups is 2. The fraction of sp³-hybridized carbons (Fsp3) is 0.500. The van der Waals surface area contributed by atoms with Gasteiger partial charge in [-0.2, -0.15) is 0 Å². The van der Waals surface area contributed by atoms with Crippen LogP contribution >= 0.6 is 0 Å². The third-order valence-electron chi connectivity index (χ3n) is 3.13. The molecule has 1 aromatic heterocycles. The van der Waals surface area contributed by atoms with E-state index in [9.17, 15) is 0 Å². The smallest absolute Gasteiger partial charge is 0.217 e. The Labute approximate surface area is 101 Å². The first-order valence-corrected chi connectivity index (χ1v) is 5.96. The number of aromatic amines is 1. The van der Waals surface area contributed by atoms with Crippen molar-refractivity contribution in [3.63, 3.8) is 0 Å². The van der Waals surface area contributed by atoms with Gasteiger partial charge in [-0.05, 0) is 25.3 Å². The van der Waals surface area contributed by atoms with Gasteiger partial charge in [0.25, 0.3) is 0 Å². The molecule has 0 radical (unpaired) electrons. The number of hydrogen-bond donors (Lipinski definition) is 3. The van der Waals surface area contributed by atoms with Gasteiger partial charge in [0.2, 0.25) is 5.96 Å². The van der Waals surface area contributed by atoms with Crippen molar-refractivity contribution < 1.29 is 0 Å². The maximum absolute atomic E-state index is 5.79. The summed E-state index contributed by atoms with van der Waals surface area (Å²) >= 11 is 0. The second-order valence-electron chi connectivity index (χ2n) is 4.53. The lowest BCUT2D eigenvalue weighted by molar-refractivity contribution is 0.458. The molecule has 92 valence electrons. The van der Waals surface area contributed by atoms with Crippen molar-refractivity contribution >= 4 is 17.5 Å². The lowest BCUT2D eigenvalue weighted by atomic mass is 9.97. The summed E-state index contributed by atoms with van der Waals surface area (Å²) in [4.78, 5) is 11.7. The van der Waals surface area contributed by atoms with Crippen LogP contribution in [0.1, 0.15) is 26.7 Å². The zero-order valence-electron chi connectivity index (χ0n) is 10.3. The number of H-pyrrole nitrogens is 1. The van der Waals surface area contributed by atoms with Crippen molar-refractivity contribution in [2.45, 2.75) is 32.7 Å². The van der Waals surface area contributed by atoms with Crippen LogP contribution in [0.2, 0.25) is 0 Å². The molecule has 17 heavy (non-hydrogen) atoms. The fourth-order valence-corrected chi connectivity index (χ4v) is 1.82. The van der Waals surface area contributed by atoms with E-state index in [0.717, 1.165) is 24.4 Å². The summed E-state index contributed by atoms with van der Waals surface area (Å²) in [5.41, 5.74) is 6.79. The summed E-state index contributed by atoms with van der Waals surface area (Å²) in [7, 11) is 0. The Morgan fingerprint density at radius 2 is 2.29 bits per heavy atom.